The summed E-state index contributed by atoms with van der Waals surface area (Å²) in [5.74, 6) is -2.29. The zero-order valence-electron chi connectivity index (χ0n) is 11.9. The lowest BCUT2D eigenvalue weighted by Gasteiger charge is -2.12. The quantitative estimate of drug-likeness (QED) is 0.850. The molecule has 1 aromatic heterocycles. The summed E-state index contributed by atoms with van der Waals surface area (Å²) >= 11 is 5.50. The van der Waals surface area contributed by atoms with E-state index in [4.69, 9.17) is 16.7 Å². The highest BCUT2D eigenvalue weighted by molar-refractivity contribution is 6.31. The van der Waals surface area contributed by atoms with Gasteiger partial charge in [0.15, 0.2) is 5.78 Å². The van der Waals surface area contributed by atoms with E-state index in [2.05, 4.69) is 5.10 Å². The molecular formula is C14H8ClF3N2O4. The van der Waals surface area contributed by atoms with Crippen LogP contribution >= 0.6 is 11.6 Å². The summed E-state index contributed by atoms with van der Waals surface area (Å²) < 4.78 is 39.2. The Balaban J connectivity index is 2.80. The fraction of sp³-hybridized carbons (Fsp3) is 0.143. The minimum absolute atomic E-state index is 0.373. The number of alkyl halides is 3. The molecular weight excluding hydrogens is 353 g/mol. The number of benzene rings is 1. The average Bonchev–Trinajstić information content (AvgIpc) is 2.46. The van der Waals surface area contributed by atoms with E-state index in [0.717, 1.165) is 25.1 Å². The van der Waals surface area contributed by atoms with Crippen molar-refractivity contribution in [3.05, 3.63) is 56.5 Å². The van der Waals surface area contributed by atoms with Gasteiger partial charge in [0.1, 0.15) is 11.3 Å². The van der Waals surface area contributed by atoms with Gasteiger partial charge >= 0.3 is 12.1 Å². The number of carbonyl (C=O) groups excluding carboxylic acids is 1. The van der Waals surface area contributed by atoms with Crippen LogP contribution in [0.25, 0.3) is 5.69 Å². The molecule has 0 fully saturated rings. The van der Waals surface area contributed by atoms with Crippen LogP contribution in [0.4, 0.5) is 13.2 Å². The minimum atomic E-state index is -4.79. The molecule has 2 rings (SSSR count). The maximum atomic E-state index is 12.9. The molecule has 1 N–H and O–H groups in total. The summed E-state index contributed by atoms with van der Waals surface area (Å²) in [5, 5.41) is 12.0. The molecule has 0 aliphatic heterocycles. The number of carboxylic acid groups (broad SMARTS) is 1. The zero-order chi connectivity index (χ0) is 18.2. The molecule has 10 heteroatoms. The molecule has 1 heterocycles. The lowest BCUT2D eigenvalue weighted by molar-refractivity contribution is -0.137. The maximum Gasteiger partial charge on any atom is 0.417 e. The number of aromatic carboxylic acids is 1. The number of hydrogen-bond acceptors (Lipinski definition) is 4. The van der Waals surface area contributed by atoms with Crippen LogP contribution < -0.4 is 5.56 Å². The van der Waals surface area contributed by atoms with Crippen LogP contribution in [0.2, 0.25) is 5.02 Å². The Kier molecular flexibility index (Phi) is 4.48. The normalized spacial score (nSPS) is 11.4. The van der Waals surface area contributed by atoms with E-state index in [1.54, 1.807) is 0 Å². The third kappa shape index (κ3) is 3.30. The molecule has 0 aliphatic rings. The number of carbonyl (C=O) groups is 2. The Labute approximate surface area is 137 Å². The fourth-order valence-corrected chi connectivity index (χ4v) is 2.08. The van der Waals surface area contributed by atoms with Gasteiger partial charge in [0.05, 0.1) is 16.3 Å². The first-order valence-electron chi connectivity index (χ1n) is 6.28. The molecule has 2 aromatic rings. The van der Waals surface area contributed by atoms with Crippen molar-refractivity contribution in [3.8, 4) is 5.69 Å². The molecule has 0 radical (unpaired) electrons. The predicted molar refractivity (Wildman–Crippen MR) is 76.8 cm³/mol. The van der Waals surface area contributed by atoms with Gasteiger partial charge in [0.25, 0.3) is 5.56 Å². The lowest BCUT2D eigenvalue weighted by atomic mass is 10.1. The number of hydrogen-bond donors (Lipinski definition) is 1. The van der Waals surface area contributed by atoms with Crippen molar-refractivity contribution in [2.24, 2.45) is 0 Å². The maximum absolute atomic E-state index is 12.9. The van der Waals surface area contributed by atoms with E-state index in [1.807, 2.05) is 0 Å². The van der Waals surface area contributed by atoms with Crippen molar-refractivity contribution in [1.29, 1.82) is 0 Å². The van der Waals surface area contributed by atoms with Crippen molar-refractivity contribution in [1.82, 2.24) is 9.78 Å². The summed E-state index contributed by atoms with van der Waals surface area (Å²) in [5.41, 5.74) is -3.94. The van der Waals surface area contributed by atoms with E-state index >= 15 is 0 Å². The van der Waals surface area contributed by atoms with Crippen LogP contribution in [0.15, 0.2) is 29.1 Å². The predicted octanol–water partition coefficient (Wildman–Crippen LogP) is 2.81. The Morgan fingerprint density at radius 1 is 1.25 bits per heavy atom. The standard InChI is InChI=1S/C14H8ClF3N2O4/c1-6(21)11-5-8(13(23)24)12(22)20(19-11)7-2-3-10(15)9(4-7)14(16,17)18/h2-5H,1H3,(H,23,24). The largest absolute Gasteiger partial charge is 0.477 e. The summed E-state index contributed by atoms with van der Waals surface area (Å²) in [4.78, 5) is 34.7. The van der Waals surface area contributed by atoms with Crippen LogP contribution in [0.5, 0.6) is 0 Å². The topological polar surface area (TPSA) is 89.3 Å². The molecule has 6 nitrogen and oxygen atoms in total. The Bertz CT molecular complexity index is 906. The first-order valence-corrected chi connectivity index (χ1v) is 6.66. The second kappa shape index (κ2) is 6.08. The third-order valence-electron chi connectivity index (χ3n) is 3.00. The molecule has 0 saturated heterocycles. The third-order valence-corrected chi connectivity index (χ3v) is 3.33. The molecule has 0 amide bonds. The molecule has 0 atom stereocenters. The lowest BCUT2D eigenvalue weighted by Crippen LogP contribution is -2.29. The summed E-state index contributed by atoms with van der Waals surface area (Å²) in [6.07, 6.45) is -4.79. The van der Waals surface area contributed by atoms with Crippen molar-refractivity contribution in [2.75, 3.05) is 0 Å². The zero-order valence-corrected chi connectivity index (χ0v) is 12.6. The highest BCUT2D eigenvalue weighted by Gasteiger charge is 2.33. The number of carboxylic acids is 1. The van der Waals surface area contributed by atoms with Crippen molar-refractivity contribution < 1.29 is 27.9 Å². The SMILES string of the molecule is CC(=O)c1cc(C(=O)O)c(=O)n(-c2ccc(Cl)c(C(F)(F)F)c2)n1. The van der Waals surface area contributed by atoms with Gasteiger partial charge in [-0.15, -0.1) is 0 Å². The van der Waals surface area contributed by atoms with E-state index in [0.29, 0.717) is 10.7 Å². The molecule has 0 saturated carbocycles. The summed E-state index contributed by atoms with van der Waals surface area (Å²) in [6.45, 7) is 1.08. The molecule has 24 heavy (non-hydrogen) atoms. The van der Waals surface area contributed by atoms with Crippen LogP contribution in [0, 0.1) is 0 Å². The highest BCUT2D eigenvalue weighted by Crippen LogP contribution is 2.35. The van der Waals surface area contributed by atoms with Gasteiger partial charge in [-0.1, -0.05) is 11.6 Å². The van der Waals surface area contributed by atoms with Crippen molar-refractivity contribution >= 4 is 23.4 Å². The second-order valence-electron chi connectivity index (χ2n) is 4.68. The molecule has 0 aliphatic carbocycles. The van der Waals surface area contributed by atoms with E-state index < -0.39 is 39.6 Å². The van der Waals surface area contributed by atoms with Gasteiger partial charge in [-0.3, -0.25) is 9.59 Å². The van der Waals surface area contributed by atoms with E-state index in [1.165, 1.54) is 0 Å². The molecule has 0 unspecified atom stereocenters. The van der Waals surface area contributed by atoms with Crippen LogP contribution in [-0.4, -0.2) is 26.6 Å². The monoisotopic (exact) mass is 360 g/mol. The van der Waals surface area contributed by atoms with Crippen molar-refractivity contribution in [2.45, 2.75) is 13.1 Å². The van der Waals surface area contributed by atoms with Gasteiger partial charge in [0.2, 0.25) is 0 Å². The second-order valence-corrected chi connectivity index (χ2v) is 5.09. The Hall–Kier alpha value is -2.68. The van der Waals surface area contributed by atoms with Crippen LogP contribution in [-0.2, 0) is 6.18 Å². The fourth-order valence-electron chi connectivity index (χ4n) is 1.86. The number of aromatic nitrogens is 2. The van der Waals surface area contributed by atoms with Crippen LogP contribution in [0.3, 0.4) is 0 Å². The van der Waals surface area contributed by atoms with Gasteiger partial charge in [-0.05, 0) is 24.3 Å². The number of halogens is 4. The number of ketones is 1. The first-order chi connectivity index (χ1) is 11.0. The smallest absolute Gasteiger partial charge is 0.417 e. The molecule has 126 valence electrons. The molecule has 1 aromatic carbocycles. The number of nitrogens with zero attached hydrogens (tertiary/aromatic N) is 2. The van der Waals surface area contributed by atoms with E-state index in [-0.39, 0.29) is 11.4 Å². The van der Waals surface area contributed by atoms with Gasteiger partial charge < -0.3 is 5.11 Å². The number of rotatable bonds is 3. The summed E-state index contributed by atoms with van der Waals surface area (Å²) in [7, 11) is 0. The number of Topliss-reactive ketones (excluding diaryl/α,β-unsaturated/α-hetero) is 1. The minimum Gasteiger partial charge on any atom is -0.477 e. The highest BCUT2D eigenvalue weighted by atomic mass is 35.5. The first kappa shape index (κ1) is 17.7. The van der Waals surface area contributed by atoms with Crippen molar-refractivity contribution in [3.63, 3.8) is 0 Å². The Morgan fingerprint density at radius 3 is 2.38 bits per heavy atom. The van der Waals surface area contributed by atoms with Crippen LogP contribution in [0.1, 0.15) is 33.3 Å². The van der Waals surface area contributed by atoms with Gasteiger partial charge in [-0.25, -0.2) is 4.79 Å². The van der Waals surface area contributed by atoms with E-state index in [9.17, 15) is 27.6 Å². The Morgan fingerprint density at radius 2 is 1.88 bits per heavy atom. The average molecular weight is 361 g/mol. The molecule has 0 spiro atoms. The molecule has 0 bridgehead atoms. The summed E-state index contributed by atoms with van der Waals surface area (Å²) in [6, 6.07) is 3.27. The van der Waals surface area contributed by atoms with Gasteiger partial charge in [-0.2, -0.15) is 23.0 Å². The van der Waals surface area contributed by atoms with Gasteiger partial charge in [0, 0.05) is 6.92 Å².